The maximum atomic E-state index is 14.0. The highest BCUT2D eigenvalue weighted by Crippen LogP contribution is 2.31. The minimum atomic E-state index is -3.51. The Kier molecular flexibility index (Phi) is 6.48. The first-order valence-corrected chi connectivity index (χ1v) is 13.8. The Labute approximate surface area is 198 Å². The molecule has 0 saturated carbocycles. The van der Waals surface area contributed by atoms with Crippen LogP contribution in [0.3, 0.4) is 0 Å². The normalized spacial score (nSPS) is 19.6. The van der Waals surface area contributed by atoms with Crippen molar-refractivity contribution in [1.29, 1.82) is 0 Å². The summed E-state index contributed by atoms with van der Waals surface area (Å²) < 4.78 is 49.6. The molecule has 0 unspecified atom stereocenters. The average Bonchev–Trinajstić information content (AvgIpc) is 3.57. The summed E-state index contributed by atoms with van der Waals surface area (Å²) >= 11 is 1.53. The second-order valence-electron chi connectivity index (χ2n) is 8.77. The van der Waals surface area contributed by atoms with E-state index in [-0.39, 0.29) is 16.8 Å². The molecular formula is C24H28FN3O3S2. The summed E-state index contributed by atoms with van der Waals surface area (Å²) in [5, 5.41) is 0.789. The average molecular weight is 490 g/mol. The number of halogens is 1. The number of hydrogen-bond donors (Lipinski definition) is 0. The lowest BCUT2D eigenvalue weighted by Gasteiger charge is -2.16. The minimum Gasteiger partial charge on any atom is -0.376 e. The van der Waals surface area contributed by atoms with Gasteiger partial charge in [-0.3, -0.25) is 0 Å². The first kappa shape index (κ1) is 22.8. The fourth-order valence-corrected chi connectivity index (χ4v) is 6.98. The molecule has 176 valence electrons. The van der Waals surface area contributed by atoms with Gasteiger partial charge in [0.05, 0.1) is 28.6 Å². The van der Waals surface area contributed by atoms with Gasteiger partial charge in [0, 0.05) is 25.4 Å². The molecule has 6 nitrogen and oxygen atoms in total. The zero-order valence-corrected chi connectivity index (χ0v) is 20.3. The maximum Gasteiger partial charge on any atom is 0.243 e. The molecule has 9 heteroatoms. The number of aryl methyl sites for hydroxylation is 1. The highest BCUT2D eigenvalue weighted by Gasteiger charge is 2.28. The lowest BCUT2D eigenvalue weighted by molar-refractivity contribution is 0.0960. The number of nitrogens with zero attached hydrogens (tertiary/aromatic N) is 3. The van der Waals surface area contributed by atoms with Gasteiger partial charge in [-0.05, 0) is 68.0 Å². The Bertz CT molecular complexity index is 1260. The molecule has 2 aliphatic heterocycles. The Morgan fingerprint density at radius 2 is 1.97 bits per heavy atom. The fourth-order valence-electron chi connectivity index (χ4n) is 4.48. The smallest absolute Gasteiger partial charge is 0.243 e. The van der Waals surface area contributed by atoms with Crippen LogP contribution in [-0.4, -0.2) is 48.1 Å². The van der Waals surface area contributed by atoms with E-state index in [0.717, 1.165) is 48.5 Å². The van der Waals surface area contributed by atoms with E-state index < -0.39 is 10.0 Å². The number of rotatable bonds is 7. The molecule has 0 spiro atoms. The largest absolute Gasteiger partial charge is 0.376 e. The van der Waals surface area contributed by atoms with Crippen molar-refractivity contribution in [3.63, 3.8) is 0 Å². The third-order valence-corrected chi connectivity index (χ3v) is 9.34. The van der Waals surface area contributed by atoms with Crippen LogP contribution in [0.1, 0.15) is 36.8 Å². The standard InChI is InChI=1S/C24H28FN3O3S2/c1-17-6-7-18(13-21(17)25)16-32-24-26-22-14-20(33(29,30)27-10-2-3-11-27)8-9-23(22)28(24)15-19-5-4-12-31-19/h6-9,13-14,19H,2-5,10-12,15-16H2,1H3/t19-/m1/s1. The zero-order chi connectivity index (χ0) is 23.0. The predicted octanol–water partition coefficient (Wildman–Crippen LogP) is 4.74. The number of hydrogen-bond acceptors (Lipinski definition) is 5. The molecule has 1 aromatic heterocycles. The van der Waals surface area contributed by atoms with E-state index >= 15 is 0 Å². The molecule has 2 aliphatic rings. The van der Waals surface area contributed by atoms with E-state index in [2.05, 4.69) is 4.57 Å². The Morgan fingerprint density at radius 3 is 2.70 bits per heavy atom. The quantitative estimate of drug-likeness (QED) is 0.449. The molecule has 1 atom stereocenters. The molecule has 5 rings (SSSR count). The molecule has 2 saturated heterocycles. The van der Waals surface area contributed by atoms with Crippen LogP contribution in [0, 0.1) is 12.7 Å². The van der Waals surface area contributed by atoms with E-state index in [0.29, 0.717) is 36.5 Å². The van der Waals surface area contributed by atoms with E-state index in [1.54, 1.807) is 35.5 Å². The van der Waals surface area contributed by atoms with Gasteiger partial charge in [-0.15, -0.1) is 0 Å². The fraction of sp³-hybridized carbons (Fsp3) is 0.458. The summed E-state index contributed by atoms with van der Waals surface area (Å²) in [7, 11) is -3.51. The van der Waals surface area contributed by atoms with Gasteiger partial charge < -0.3 is 9.30 Å². The van der Waals surface area contributed by atoms with E-state index in [1.807, 2.05) is 12.1 Å². The third kappa shape index (κ3) is 4.69. The Hall–Kier alpha value is -1.94. The highest BCUT2D eigenvalue weighted by atomic mass is 32.2. The van der Waals surface area contributed by atoms with Crippen molar-refractivity contribution >= 4 is 32.8 Å². The number of fused-ring (bicyclic) bond motifs is 1. The molecule has 3 heterocycles. The van der Waals surface area contributed by atoms with Crippen LogP contribution in [0.4, 0.5) is 4.39 Å². The van der Waals surface area contributed by atoms with Gasteiger partial charge >= 0.3 is 0 Å². The highest BCUT2D eigenvalue weighted by molar-refractivity contribution is 7.98. The summed E-state index contributed by atoms with van der Waals surface area (Å²) in [4.78, 5) is 5.09. The van der Waals surface area contributed by atoms with Crippen LogP contribution in [0.5, 0.6) is 0 Å². The van der Waals surface area contributed by atoms with Crippen molar-refractivity contribution in [2.45, 2.75) is 61.1 Å². The second kappa shape index (κ2) is 9.37. The first-order valence-electron chi connectivity index (χ1n) is 11.4. The van der Waals surface area contributed by atoms with Crippen LogP contribution in [0.15, 0.2) is 46.5 Å². The number of benzene rings is 2. The van der Waals surface area contributed by atoms with Gasteiger partial charge in [-0.1, -0.05) is 23.9 Å². The van der Waals surface area contributed by atoms with Gasteiger partial charge in [0.15, 0.2) is 5.16 Å². The van der Waals surface area contributed by atoms with Crippen molar-refractivity contribution in [2.75, 3.05) is 19.7 Å². The molecule has 2 fully saturated rings. The number of sulfonamides is 1. The van der Waals surface area contributed by atoms with Crippen molar-refractivity contribution < 1.29 is 17.5 Å². The second-order valence-corrected chi connectivity index (χ2v) is 11.7. The molecule has 3 aromatic rings. The van der Waals surface area contributed by atoms with Gasteiger partial charge in [0.1, 0.15) is 5.82 Å². The Morgan fingerprint density at radius 1 is 1.15 bits per heavy atom. The van der Waals surface area contributed by atoms with Crippen LogP contribution in [0.25, 0.3) is 11.0 Å². The van der Waals surface area contributed by atoms with Gasteiger partial charge in [-0.2, -0.15) is 4.31 Å². The molecular weight excluding hydrogens is 461 g/mol. The lowest BCUT2D eigenvalue weighted by atomic mass is 10.2. The number of ether oxygens (including phenoxy) is 1. The summed E-state index contributed by atoms with van der Waals surface area (Å²) in [5.74, 6) is 0.364. The molecule has 0 N–H and O–H groups in total. The van der Waals surface area contributed by atoms with Crippen molar-refractivity contribution in [2.24, 2.45) is 0 Å². The summed E-state index contributed by atoms with van der Waals surface area (Å²) in [6, 6.07) is 10.5. The van der Waals surface area contributed by atoms with Crippen molar-refractivity contribution in [3.05, 3.63) is 53.3 Å². The monoisotopic (exact) mass is 489 g/mol. The van der Waals surface area contributed by atoms with Crippen LogP contribution < -0.4 is 0 Å². The predicted molar refractivity (Wildman–Crippen MR) is 127 cm³/mol. The summed E-state index contributed by atoms with van der Waals surface area (Å²) in [6.07, 6.45) is 3.96. The van der Waals surface area contributed by atoms with Crippen LogP contribution >= 0.6 is 11.8 Å². The maximum absolute atomic E-state index is 14.0. The number of thioether (sulfide) groups is 1. The molecule has 33 heavy (non-hydrogen) atoms. The SMILES string of the molecule is Cc1ccc(CSc2nc3cc(S(=O)(=O)N4CCCC4)ccc3n2C[C@H]2CCCO2)cc1F. The van der Waals surface area contributed by atoms with Crippen LogP contribution in [-0.2, 0) is 27.1 Å². The van der Waals surface area contributed by atoms with Crippen molar-refractivity contribution in [1.82, 2.24) is 13.9 Å². The van der Waals surface area contributed by atoms with E-state index in [1.165, 1.54) is 11.8 Å². The van der Waals surface area contributed by atoms with Crippen LogP contribution in [0.2, 0.25) is 0 Å². The summed E-state index contributed by atoms with van der Waals surface area (Å²) in [6.45, 7) is 4.32. The number of imidazole rings is 1. The Balaban J connectivity index is 1.48. The molecule has 2 aromatic carbocycles. The van der Waals surface area contributed by atoms with E-state index in [4.69, 9.17) is 9.72 Å². The van der Waals surface area contributed by atoms with E-state index in [9.17, 15) is 12.8 Å². The van der Waals surface area contributed by atoms with Gasteiger partial charge in [-0.25, -0.2) is 17.8 Å². The minimum absolute atomic E-state index is 0.117. The lowest BCUT2D eigenvalue weighted by Crippen LogP contribution is -2.27. The third-order valence-electron chi connectivity index (χ3n) is 6.40. The number of aromatic nitrogens is 2. The molecule has 0 amide bonds. The van der Waals surface area contributed by atoms with Gasteiger partial charge in [0.2, 0.25) is 10.0 Å². The molecule has 0 aliphatic carbocycles. The summed E-state index contributed by atoms with van der Waals surface area (Å²) in [5.41, 5.74) is 3.06. The van der Waals surface area contributed by atoms with Crippen molar-refractivity contribution in [3.8, 4) is 0 Å². The van der Waals surface area contributed by atoms with Gasteiger partial charge in [0.25, 0.3) is 0 Å². The zero-order valence-electron chi connectivity index (χ0n) is 18.7. The topological polar surface area (TPSA) is 64.4 Å². The first-order chi connectivity index (χ1) is 15.9. The molecule has 0 bridgehead atoms. The molecule has 0 radical (unpaired) electrons.